The van der Waals surface area contributed by atoms with Gasteiger partial charge in [0.1, 0.15) is 6.26 Å². The van der Waals surface area contributed by atoms with Crippen molar-refractivity contribution in [2.75, 3.05) is 5.32 Å². The number of hydrogen-bond donors (Lipinski definition) is 1. The van der Waals surface area contributed by atoms with Crippen molar-refractivity contribution >= 4 is 17.4 Å². The SMILES string of the molecule is Cc1coc(NCc2ccsc2)n1. The van der Waals surface area contributed by atoms with Gasteiger partial charge in [-0.15, -0.1) is 0 Å². The standard InChI is InChI=1S/C9H10N2OS/c1-7-5-12-9(11-7)10-4-8-2-3-13-6-8/h2-3,5-6H,4H2,1H3,(H,10,11). The molecular formula is C9H10N2OS. The number of oxazole rings is 1. The van der Waals surface area contributed by atoms with E-state index in [9.17, 15) is 0 Å². The van der Waals surface area contributed by atoms with Crippen LogP contribution in [0.4, 0.5) is 6.01 Å². The van der Waals surface area contributed by atoms with Gasteiger partial charge in [-0.05, 0) is 29.3 Å². The first-order valence-corrected chi connectivity index (χ1v) is 4.96. The van der Waals surface area contributed by atoms with Crippen LogP contribution in [-0.4, -0.2) is 4.98 Å². The molecule has 0 radical (unpaired) electrons. The summed E-state index contributed by atoms with van der Waals surface area (Å²) in [5.74, 6) is 0. The molecule has 0 spiro atoms. The van der Waals surface area contributed by atoms with E-state index in [-0.39, 0.29) is 0 Å². The van der Waals surface area contributed by atoms with Crippen molar-refractivity contribution in [1.29, 1.82) is 0 Å². The van der Waals surface area contributed by atoms with Crippen LogP contribution in [0.5, 0.6) is 0 Å². The summed E-state index contributed by atoms with van der Waals surface area (Å²) in [6.45, 7) is 2.67. The zero-order valence-corrected chi connectivity index (χ0v) is 8.10. The van der Waals surface area contributed by atoms with Gasteiger partial charge in [0, 0.05) is 6.54 Å². The molecule has 13 heavy (non-hydrogen) atoms. The molecule has 0 amide bonds. The molecule has 0 aromatic carbocycles. The lowest BCUT2D eigenvalue weighted by molar-refractivity contribution is 0.570. The van der Waals surface area contributed by atoms with Crippen molar-refractivity contribution in [3.63, 3.8) is 0 Å². The van der Waals surface area contributed by atoms with Crippen LogP contribution in [0.25, 0.3) is 0 Å². The summed E-state index contributed by atoms with van der Waals surface area (Å²) < 4.78 is 5.14. The van der Waals surface area contributed by atoms with Gasteiger partial charge in [-0.25, -0.2) is 0 Å². The highest BCUT2D eigenvalue weighted by Gasteiger charge is 1.99. The fourth-order valence-corrected chi connectivity index (χ4v) is 1.67. The molecule has 68 valence electrons. The molecule has 2 aromatic rings. The first-order chi connectivity index (χ1) is 6.34. The number of nitrogens with one attached hydrogen (secondary N) is 1. The van der Waals surface area contributed by atoms with Gasteiger partial charge in [-0.2, -0.15) is 16.3 Å². The Labute approximate surface area is 80.4 Å². The Morgan fingerprint density at radius 3 is 3.15 bits per heavy atom. The van der Waals surface area contributed by atoms with E-state index in [0.29, 0.717) is 6.01 Å². The Morgan fingerprint density at radius 1 is 1.62 bits per heavy atom. The molecule has 0 unspecified atom stereocenters. The first kappa shape index (κ1) is 8.31. The molecule has 0 aliphatic heterocycles. The molecule has 1 N–H and O–H groups in total. The summed E-state index contributed by atoms with van der Waals surface area (Å²) in [5.41, 5.74) is 2.15. The van der Waals surface area contributed by atoms with Crippen LogP contribution in [0, 0.1) is 6.92 Å². The molecule has 2 aromatic heterocycles. The highest BCUT2D eigenvalue weighted by Crippen LogP contribution is 2.10. The van der Waals surface area contributed by atoms with Gasteiger partial charge in [0.05, 0.1) is 5.69 Å². The lowest BCUT2D eigenvalue weighted by Crippen LogP contribution is -1.97. The monoisotopic (exact) mass is 194 g/mol. The zero-order valence-electron chi connectivity index (χ0n) is 7.28. The Morgan fingerprint density at radius 2 is 2.54 bits per heavy atom. The molecule has 0 bridgehead atoms. The largest absolute Gasteiger partial charge is 0.432 e. The third kappa shape index (κ3) is 2.09. The summed E-state index contributed by atoms with van der Waals surface area (Å²) >= 11 is 1.69. The van der Waals surface area contributed by atoms with Crippen LogP contribution in [0.15, 0.2) is 27.5 Å². The summed E-state index contributed by atoms with van der Waals surface area (Å²) in [4.78, 5) is 4.14. The fraction of sp³-hybridized carbons (Fsp3) is 0.222. The molecule has 3 nitrogen and oxygen atoms in total. The van der Waals surface area contributed by atoms with Gasteiger partial charge in [-0.3, -0.25) is 0 Å². The van der Waals surface area contributed by atoms with E-state index in [4.69, 9.17) is 4.42 Å². The maximum absolute atomic E-state index is 5.14. The van der Waals surface area contributed by atoms with Gasteiger partial charge in [0.15, 0.2) is 0 Å². The van der Waals surface area contributed by atoms with E-state index in [1.54, 1.807) is 17.6 Å². The fourth-order valence-electron chi connectivity index (χ4n) is 1.01. The zero-order chi connectivity index (χ0) is 9.10. The number of hydrogen-bond acceptors (Lipinski definition) is 4. The minimum atomic E-state index is 0.587. The van der Waals surface area contributed by atoms with Crippen molar-refractivity contribution < 1.29 is 4.42 Å². The molecule has 0 atom stereocenters. The number of nitrogens with zero attached hydrogens (tertiary/aromatic N) is 1. The number of rotatable bonds is 3. The third-order valence-electron chi connectivity index (χ3n) is 1.64. The second-order valence-corrected chi connectivity index (χ2v) is 3.56. The highest BCUT2D eigenvalue weighted by atomic mass is 32.1. The Bertz CT molecular complexity index is 367. The van der Waals surface area contributed by atoms with E-state index in [2.05, 4.69) is 27.1 Å². The average molecular weight is 194 g/mol. The molecule has 0 saturated heterocycles. The van der Waals surface area contributed by atoms with Gasteiger partial charge in [0.2, 0.25) is 0 Å². The van der Waals surface area contributed by atoms with Crippen molar-refractivity contribution in [2.24, 2.45) is 0 Å². The average Bonchev–Trinajstić information content (AvgIpc) is 2.71. The van der Waals surface area contributed by atoms with Crippen LogP contribution in [0.2, 0.25) is 0 Å². The molecule has 0 saturated carbocycles. The molecule has 2 rings (SSSR count). The van der Waals surface area contributed by atoms with E-state index < -0.39 is 0 Å². The van der Waals surface area contributed by atoms with Gasteiger partial charge >= 0.3 is 0 Å². The summed E-state index contributed by atoms with van der Waals surface area (Å²) in [6, 6.07) is 2.66. The summed E-state index contributed by atoms with van der Waals surface area (Å²) in [5, 5.41) is 7.25. The van der Waals surface area contributed by atoms with Crippen molar-refractivity contribution in [3.05, 3.63) is 34.3 Å². The quantitative estimate of drug-likeness (QED) is 0.816. The van der Waals surface area contributed by atoms with Crippen LogP contribution >= 0.6 is 11.3 Å². The maximum Gasteiger partial charge on any atom is 0.294 e. The highest BCUT2D eigenvalue weighted by molar-refractivity contribution is 7.07. The van der Waals surface area contributed by atoms with Crippen LogP contribution in [-0.2, 0) is 6.54 Å². The molecule has 4 heteroatoms. The Kier molecular flexibility index (Phi) is 2.31. The predicted octanol–water partition coefficient (Wildman–Crippen LogP) is 2.66. The predicted molar refractivity (Wildman–Crippen MR) is 52.9 cm³/mol. The Hall–Kier alpha value is -1.29. The third-order valence-corrected chi connectivity index (χ3v) is 2.37. The topological polar surface area (TPSA) is 38.1 Å². The summed E-state index contributed by atoms with van der Waals surface area (Å²) in [6.07, 6.45) is 1.63. The molecule has 0 aliphatic rings. The van der Waals surface area contributed by atoms with Crippen molar-refractivity contribution in [1.82, 2.24) is 4.98 Å². The Balaban J connectivity index is 1.93. The van der Waals surface area contributed by atoms with Crippen LogP contribution < -0.4 is 5.32 Å². The number of thiophene rings is 1. The molecule has 0 aliphatic carbocycles. The smallest absolute Gasteiger partial charge is 0.294 e. The minimum Gasteiger partial charge on any atom is -0.432 e. The second kappa shape index (κ2) is 3.62. The second-order valence-electron chi connectivity index (χ2n) is 2.78. The number of aryl methyl sites for hydroxylation is 1. The normalized spacial score (nSPS) is 10.2. The van der Waals surface area contributed by atoms with Crippen LogP contribution in [0.1, 0.15) is 11.3 Å². The molecule has 2 heterocycles. The van der Waals surface area contributed by atoms with E-state index >= 15 is 0 Å². The molecule has 0 fully saturated rings. The summed E-state index contributed by atoms with van der Waals surface area (Å²) in [7, 11) is 0. The minimum absolute atomic E-state index is 0.587. The lowest BCUT2D eigenvalue weighted by atomic mass is 10.3. The van der Waals surface area contributed by atoms with Gasteiger partial charge in [0.25, 0.3) is 6.01 Å². The number of aromatic nitrogens is 1. The van der Waals surface area contributed by atoms with Gasteiger partial charge in [-0.1, -0.05) is 0 Å². The lowest BCUT2D eigenvalue weighted by Gasteiger charge is -1.97. The van der Waals surface area contributed by atoms with Crippen molar-refractivity contribution in [3.8, 4) is 0 Å². The van der Waals surface area contributed by atoms with Gasteiger partial charge < -0.3 is 9.73 Å². The van der Waals surface area contributed by atoms with E-state index in [1.165, 1.54) is 5.56 Å². The van der Waals surface area contributed by atoms with Crippen molar-refractivity contribution in [2.45, 2.75) is 13.5 Å². The first-order valence-electron chi connectivity index (χ1n) is 4.01. The van der Waals surface area contributed by atoms with E-state index in [0.717, 1.165) is 12.2 Å². The van der Waals surface area contributed by atoms with E-state index in [1.807, 2.05) is 6.92 Å². The van der Waals surface area contributed by atoms with Crippen LogP contribution in [0.3, 0.4) is 0 Å². The maximum atomic E-state index is 5.14. The molecular weight excluding hydrogens is 184 g/mol. The number of anilines is 1.